The smallest absolute Gasteiger partial charge is 0.178 e. The summed E-state index contributed by atoms with van der Waals surface area (Å²) in [4.78, 5) is 3.81. The van der Waals surface area contributed by atoms with E-state index in [9.17, 15) is 8.42 Å². The molecule has 1 aromatic heterocycles. The Labute approximate surface area is 83.1 Å². The Morgan fingerprint density at radius 1 is 1.57 bits per heavy atom. The molecule has 0 unspecified atom stereocenters. The van der Waals surface area contributed by atoms with E-state index < -0.39 is 9.84 Å². The first kappa shape index (κ1) is 10.7. The van der Waals surface area contributed by atoms with Gasteiger partial charge in [0.25, 0.3) is 0 Å². The molecule has 0 spiro atoms. The topological polar surface area (TPSA) is 70.8 Å². The van der Waals surface area contributed by atoms with E-state index in [-0.39, 0.29) is 10.6 Å². The number of sulfone groups is 1. The summed E-state index contributed by atoms with van der Waals surface area (Å²) >= 11 is 0. The van der Waals surface area contributed by atoms with E-state index in [1.807, 2.05) is 6.92 Å². The summed E-state index contributed by atoms with van der Waals surface area (Å²) < 4.78 is 22.6. The van der Waals surface area contributed by atoms with Gasteiger partial charge >= 0.3 is 0 Å². The fourth-order valence-corrected chi connectivity index (χ4v) is 1.86. The second kappa shape index (κ2) is 3.76. The van der Waals surface area contributed by atoms with Crippen LogP contribution in [0.2, 0.25) is 0 Å². The molecule has 0 aliphatic heterocycles. The molecule has 0 fully saturated rings. The number of hydrogen-bond acceptors (Lipinski definition) is 4. The van der Waals surface area contributed by atoms with Crippen LogP contribution in [0.3, 0.4) is 0 Å². The van der Waals surface area contributed by atoms with Gasteiger partial charge in [0.2, 0.25) is 0 Å². The molecule has 0 radical (unpaired) electrons. The Hall–Kier alpha value is -1.41. The lowest BCUT2D eigenvalue weighted by Crippen LogP contribution is -2.03. The predicted molar refractivity (Wildman–Crippen MR) is 51.4 cm³/mol. The number of nitriles is 1. The van der Waals surface area contributed by atoms with Crippen LogP contribution in [-0.4, -0.2) is 19.7 Å². The van der Waals surface area contributed by atoms with Crippen LogP contribution < -0.4 is 0 Å². The Balaban J connectivity index is 3.47. The van der Waals surface area contributed by atoms with Crippen LogP contribution in [0, 0.1) is 11.3 Å². The number of rotatable bonds is 2. The molecular formula is C9H10N2O2S. The maximum atomic E-state index is 11.3. The highest BCUT2D eigenvalue weighted by Crippen LogP contribution is 2.14. The minimum Gasteiger partial charge on any atom is -0.244 e. The zero-order valence-electron chi connectivity index (χ0n) is 7.98. The molecule has 0 N–H and O–H groups in total. The molecule has 0 atom stereocenters. The van der Waals surface area contributed by atoms with Gasteiger partial charge in [0.15, 0.2) is 15.5 Å². The van der Waals surface area contributed by atoms with E-state index >= 15 is 0 Å². The fourth-order valence-electron chi connectivity index (χ4n) is 1.05. The Morgan fingerprint density at radius 3 is 2.64 bits per heavy atom. The molecule has 4 nitrogen and oxygen atoms in total. The molecule has 14 heavy (non-hydrogen) atoms. The highest BCUT2D eigenvalue weighted by Gasteiger charge is 2.14. The highest BCUT2D eigenvalue weighted by molar-refractivity contribution is 7.90. The first-order valence-corrected chi connectivity index (χ1v) is 5.97. The van der Waals surface area contributed by atoms with Crippen LogP contribution in [0.4, 0.5) is 0 Å². The van der Waals surface area contributed by atoms with Gasteiger partial charge in [-0.25, -0.2) is 13.4 Å². The first-order valence-electron chi connectivity index (χ1n) is 4.08. The average Bonchev–Trinajstić information content (AvgIpc) is 2.15. The van der Waals surface area contributed by atoms with Crippen LogP contribution >= 0.6 is 0 Å². The summed E-state index contributed by atoms with van der Waals surface area (Å²) in [5.41, 5.74) is 0.772. The van der Waals surface area contributed by atoms with Crippen molar-refractivity contribution < 1.29 is 8.42 Å². The summed E-state index contributed by atoms with van der Waals surface area (Å²) in [5.74, 6) is 0. The average molecular weight is 210 g/mol. The Kier molecular flexibility index (Phi) is 2.87. The van der Waals surface area contributed by atoms with E-state index in [4.69, 9.17) is 5.26 Å². The van der Waals surface area contributed by atoms with Crippen LogP contribution in [0.5, 0.6) is 0 Å². The minimum absolute atomic E-state index is 0.0133. The second-order valence-corrected chi connectivity index (χ2v) is 4.91. The molecule has 0 aromatic carbocycles. The molecule has 0 bridgehead atoms. The van der Waals surface area contributed by atoms with Gasteiger partial charge in [-0.15, -0.1) is 0 Å². The van der Waals surface area contributed by atoms with Gasteiger partial charge in [0, 0.05) is 12.5 Å². The minimum atomic E-state index is -3.36. The van der Waals surface area contributed by atoms with Crippen molar-refractivity contribution in [1.82, 2.24) is 4.98 Å². The first-order chi connectivity index (χ1) is 6.49. The maximum absolute atomic E-state index is 11.3. The summed E-state index contributed by atoms with van der Waals surface area (Å²) in [7, 11) is -3.36. The predicted octanol–water partition coefficient (Wildman–Crippen LogP) is 0.919. The summed E-state index contributed by atoms with van der Waals surface area (Å²) in [6, 6.07) is 3.26. The lowest BCUT2D eigenvalue weighted by atomic mass is 10.2. The lowest BCUT2D eigenvalue weighted by Gasteiger charge is -2.02. The molecule has 0 saturated carbocycles. The molecule has 1 aromatic rings. The normalized spacial score (nSPS) is 10.9. The van der Waals surface area contributed by atoms with Crippen molar-refractivity contribution in [2.75, 3.05) is 6.26 Å². The van der Waals surface area contributed by atoms with E-state index in [1.165, 1.54) is 12.3 Å². The second-order valence-electron chi connectivity index (χ2n) is 2.93. The molecule has 1 rings (SSSR count). The molecule has 1 heterocycles. The largest absolute Gasteiger partial charge is 0.244 e. The third-order valence-corrected chi connectivity index (χ3v) is 2.93. The van der Waals surface area contributed by atoms with Gasteiger partial charge in [-0.05, 0) is 18.1 Å². The highest BCUT2D eigenvalue weighted by atomic mass is 32.2. The molecule has 5 heteroatoms. The SMILES string of the molecule is CCc1cnc(C#N)c(S(C)(=O)=O)c1. The standard InChI is InChI=1S/C9H10N2O2S/c1-3-7-4-9(14(2,12)13)8(5-10)11-6-7/h4,6H,3H2,1-2H3. The van der Waals surface area contributed by atoms with Crippen LogP contribution in [0.1, 0.15) is 18.2 Å². The summed E-state index contributed by atoms with van der Waals surface area (Å²) in [6.45, 7) is 1.90. The molecule has 0 saturated heterocycles. The van der Waals surface area contributed by atoms with Gasteiger partial charge in [-0.2, -0.15) is 5.26 Å². The quantitative estimate of drug-likeness (QED) is 0.727. The van der Waals surface area contributed by atoms with Crippen molar-refractivity contribution >= 4 is 9.84 Å². The molecule has 74 valence electrons. The van der Waals surface area contributed by atoms with Gasteiger partial charge in [0.1, 0.15) is 11.0 Å². The monoisotopic (exact) mass is 210 g/mol. The number of hydrogen-bond donors (Lipinski definition) is 0. The maximum Gasteiger partial charge on any atom is 0.178 e. The van der Waals surface area contributed by atoms with Gasteiger partial charge in [-0.1, -0.05) is 6.92 Å². The van der Waals surface area contributed by atoms with Crippen molar-refractivity contribution in [1.29, 1.82) is 5.26 Å². The van der Waals surface area contributed by atoms with Crippen molar-refractivity contribution in [2.24, 2.45) is 0 Å². The molecule has 0 amide bonds. The number of aromatic nitrogens is 1. The van der Waals surface area contributed by atoms with E-state index in [0.717, 1.165) is 11.8 Å². The lowest BCUT2D eigenvalue weighted by molar-refractivity contribution is 0.601. The molecular weight excluding hydrogens is 200 g/mol. The third-order valence-electron chi connectivity index (χ3n) is 1.82. The number of nitrogens with zero attached hydrogens (tertiary/aromatic N) is 2. The summed E-state index contributed by atoms with van der Waals surface area (Å²) in [6.07, 6.45) is 3.29. The summed E-state index contributed by atoms with van der Waals surface area (Å²) in [5, 5.41) is 8.67. The van der Waals surface area contributed by atoms with Gasteiger partial charge in [-0.3, -0.25) is 0 Å². The van der Waals surface area contributed by atoms with Gasteiger partial charge in [0.05, 0.1) is 0 Å². The van der Waals surface area contributed by atoms with E-state index in [2.05, 4.69) is 4.98 Å². The van der Waals surface area contributed by atoms with Crippen molar-refractivity contribution in [3.63, 3.8) is 0 Å². The fraction of sp³-hybridized carbons (Fsp3) is 0.333. The third kappa shape index (κ3) is 2.09. The van der Waals surface area contributed by atoms with Crippen molar-refractivity contribution in [3.05, 3.63) is 23.5 Å². The zero-order chi connectivity index (χ0) is 10.8. The van der Waals surface area contributed by atoms with Crippen LogP contribution in [0.15, 0.2) is 17.2 Å². The molecule has 0 aliphatic rings. The van der Waals surface area contributed by atoms with Gasteiger partial charge < -0.3 is 0 Å². The Bertz CT molecular complexity index is 486. The Morgan fingerprint density at radius 2 is 2.21 bits per heavy atom. The van der Waals surface area contributed by atoms with Crippen LogP contribution in [0.25, 0.3) is 0 Å². The van der Waals surface area contributed by atoms with E-state index in [1.54, 1.807) is 6.07 Å². The van der Waals surface area contributed by atoms with E-state index in [0.29, 0.717) is 6.42 Å². The number of aryl methyl sites for hydroxylation is 1. The van der Waals surface area contributed by atoms with Crippen molar-refractivity contribution in [2.45, 2.75) is 18.2 Å². The van der Waals surface area contributed by atoms with Crippen LogP contribution in [-0.2, 0) is 16.3 Å². The van der Waals surface area contributed by atoms with Crippen molar-refractivity contribution in [3.8, 4) is 6.07 Å². The molecule has 0 aliphatic carbocycles. The zero-order valence-corrected chi connectivity index (χ0v) is 8.80. The number of pyridine rings is 1.